The van der Waals surface area contributed by atoms with Crippen molar-refractivity contribution in [1.29, 1.82) is 0 Å². The summed E-state index contributed by atoms with van der Waals surface area (Å²) >= 11 is -0.826. The molecule has 0 bridgehead atoms. The van der Waals surface area contributed by atoms with Gasteiger partial charge in [0.05, 0.1) is 0 Å². The third-order valence-corrected chi connectivity index (χ3v) is 12.3. The van der Waals surface area contributed by atoms with Crippen LogP contribution in [-0.2, 0) is 20.8 Å². The van der Waals surface area contributed by atoms with Crippen LogP contribution < -0.4 is 0 Å². The molecule has 0 spiro atoms. The molecule has 0 nitrogen and oxygen atoms in total. The van der Waals surface area contributed by atoms with Crippen molar-refractivity contribution >= 4 is 17.0 Å². The maximum absolute atomic E-state index is 4.93. The quantitative estimate of drug-likeness (QED) is 0.279. The molecule has 224 valence electrons. The van der Waals surface area contributed by atoms with Gasteiger partial charge in [0.25, 0.3) is 0 Å². The Morgan fingerprint density at radius 1 is 0.439 bits per heavy atom. The third-order valence-electron chi connectivity index (χ3n) is 12.3. The topological polar surface area (TPSA) is 0 Å². The van der Waals surface area contributed by atoms with Crippen LogP contribution in [0.5, 0.6) is 0 Å². The van der Waals surface area contributed by atoms with Crippen molar-refractivity contribution in [2.45, 2.75) is 102 Å². The molecule has 6 saturated carbocycles. The van der Waals surface area contributed by atoms with Gasteiger partial charge in [-0.2, -0.15) is 0 Å². The molecular weight excluding hydrogens is 619 g/mol. The van der Waals surface area contributed by atoms with Crippen LogP contribution in [-0.4, -0.2) is 0 Å². The molecule has 0 N–H and O–H groups in total. The fraction of sp³-hybridized carbons (Fsp3) is 0.632. The van der Waals surface area contributed by atoms with Gasteiger partial charge in [0.1, 0.15) is 0 Å². The van der Waals surface area contributed by atoms with Crippen LogP contribution in [0.1, 0.15) is 113 Å². The second kappa shape index (κ2) is 16.3. The average Bonchev–Trinajstić information content (AvgIpc) is 3.79. The van der Waals surface area contributed by atoms with E-state index in [-0.39, 0.29) is 14.9 Å². The number of benzene rings is 2. The van der Waals surface area contributed by atoms with Gasteiger partial charge >= 0.3 is 37.9 Å². The zero-order valence-corrected chi connectivity index (χ0v) is 29.7. The standard InChI is InChI=1S/2C18H24.2CH3.2ClH.Zr/c2*1-2-6-13(7-3-1)18-16-10-4-8-14(16)12-15-9-5-11-17(15)18;;;;;/h2*1-3,6-7,14-18H,4-5,8-12H2;2*1H3;2*1H;/q;;2*-1;;;+4/p-2. The number of hydrogen-bond acceptors (Lipinski definition) is 0. The summed E-state index contributed by atoms with van der Waals surface area (Å²) < 4.78 is 0. The molecule has 8 unspecified atom stereocenters. The molecule has 8 atom stereocenters. The van der Waals surface area contributed by atoms with Crippen molar-refractivity contribution in [2.24, 2.45) is 47.3 Å². The Bertz CT molecular complexity index is 890. The first kappa shape index (κ1) is 33.8. The molecule has 0 amide bonds. The molecule has 0 aliphatic heterocycles. The Morgan fingerprint density at radius 3 is 0.976 bits per heavy atom. The van der Waals surface area contributed by atoms with Gasteiger partial charge in [-0.3, -0.25) is 0 Å². The van der Waals surface area contributed by atoms with Crippen LogP contribution in [0.3, 0.4) is 0 Å². The SMILES string of the molecule is [CH3-].[CH3-].[Cl][Zr+2][Cl].c1ccc(C2C3CCCC3CC3CCCC32)cc1.c1ccc(C2C3CCCC3CC3CCCC32)cc1. The van der Waals surface area contributed by atoms with Gasteiger partial charge in [-0.15, -0.1) is 0 Å². The summed E-state index contributed by atoms with van der Waals surface area (Å²) in [7, 11) is 9.87. The Kier molecular flexibility index (Phi) is 13.4. The number of hydrogen-bond donors (Lipinski definition) is 0. The van der Waals surface area contributed by atoms with Gasteiger partial charge in [-0.1, -0.05) is 112 Å². The summed E-state index contributed by atoms with van der Waals surface area (Å²) in [5.41, 5.74) is 3.32. The molecule has 0 saturated heterocycles. The minimum Gasteiger partial charge on any atom is -0.0622 e. The fourth-order valence-electron chi connectivity index (χ4n) is 11.1. The Morgan fingerprint density at radius 2 is 0.707 bits per heavy atom. The smallest absolute Gasteiger partial charge is 0.01000 e. The van der Waals surface area contributed by atoms with E-state index in [1.54, 1.807) is 24.0 Å². The molecule has 0 radical (unpaired) electrons. The summed E-state index contributed by atoms with van der Waals surface area (Å²) in [6.45, 7) is 0. The zero-order valence-electron chi connectivity index (χ0n) is 25.7. The summed E-state index contributed by atoms with van der Waals surface area (Å²) in [4.78, 5) is 0. The molecule has 6 aliphatic rings. The van der Waals surface area contributed by atoms with Crippen molar-refractivity contribution in [3.05, 3.63) is 86.6 Å². The van der Waals surface area contributed by atoms with Crippen molar-refractivity contribution in [3.63, 3.8) is 0 Å². The van der Waals surface area contributed by atoms with E-state index in [2.05, 4.69) is 60.7 Å². The number of fused-ring (bicyclic) bond motifs is 4. The van der Waals surface area contributed by atoms with Crippen molar-refractivity contribution < 1.29 is 20.8 Å². The van der Waals surface area contributed by atoms with E-state index in [0.29, 0.717) is 0 Å². The Balaban J connectivity index is 0.000000165. The van der Waals surface area contributed by atoms with Crippen molar-refractivity contribution in [3.8, 4) is 0 Å². The molecular formula is C38H54Cl2Zr. The maximum atomic E-state index is 4.93. The van der Waals surface area contributed by atoms with Crippen LogP contribution in [0.25, 0.3) is 0 Å². The molecule has 41 heavy (non-hydrogen) atoms. The first-order chi connectivity index (χ1) is 19.3. The molecule has 8 rings (SSSR count). The van der Waals surface area contributed by atoms with Gasteiger partial charge in [-0.25, -0.2) is 0 Å². The molecule has 0 aromatic heterocycles. The van der Waals surface area contributed by atoms with Gasteiger partial charge in [0.15, 0.2) is 0 Å². The minimum absolute atomic E-state index is 0. The van der Waals surface area contributed by atoms with E-state index in [4.69, 9.17) is 17.0 Å². The van der Waals surface area contributed by atoms with Gasteiger partial charge in [0.2, 0.25) is 0 Å². The van der Waals surface area contributed by atoms with Crippen molar-refractivity contribution in [1.82, 2.24) is 0 Å². The summed E-state index contributed by atoms with van der Waals surface area (Å²) in [6.07, 6.45) is 21.3. The van der Waals surface area contributed by atoms with Gasteiger partial charge < -0.3 is 14.9 Å². The van der Waals surface area contributed by atoms with E-state index in [1.807, 2.05) is 0 Å². The minimum atomic E-state index is -0.826. The molecule has 6 fully saturated rings. The first-order valence-corrected chi connectivity index (χ1v) is 22.7. The normalized spacial score (nSPS) is 37.6. The predicted octanol–water partition coefficient (Wildman–Crippen LogP) is 12.3. The summed E-state index contributed by atoms with van der Waals surface area (Å²) in [5.74, 6) is 10.1. The van der Waals surface area contributed by atoms with E-state index in [1.165, 1.54) is 77.0 Å². The largest absolute Gasteiger partial charge is 0.0622 e. The molecule has 2 aromatic carbocycles. The van der Waals surface area contributed by atoms with Crippen LogP contribution in [0.15, 0.2) is 60.7 Å². The molecule has 2 aromatic rings. The second-order valence-electron chi connectivity index (χ2n) is 13.8. The summed E-state index contributed by atoms with van der Waals surface area (Å²) in [6, 6.07) is 22.9. The monoisotopic (exact) mass is 670 g/mol. The van der Waals surface area contributed by atoms with Crippen molar-refractivity contribution in [2.75, 3.05) is 0 Å². The number of halogens is 2. The van der Waals surface area contributed by atoms with E-state index >= 15 is 0 Å². The predicted molar refractivity (Wildman–Crippen MR) is 175 cm³/mol. The average molecular weight is 673 g/mol. The molecule has 6 aliphatic carbocycles. The van der Waals surface area contributed by atoms with Crippen LogP contribution in [0.2, 0.25) is 0 Å². The maximum Gasteiger partial charge on any atom is -0.01000 e. The van der Waals surface area contributed by atoms with Gasteiger partial charge in [0, 0.05) is 0 Å². The summed E-state index contributed by atoms with van der Waals surface area (Å²) in [5, 5.41) is 0. The molecule has 0 heterocycles. The van der Waals surface area contributed by atoms with E-state index < -0.39 is 20.8 Å². The molecule has 3 heteroatoms. The number of rotatable bonds is 2. The van der Waals surface area contributed by atoms with Crippen LogP contribution >= 0.6 is 17.0 Å². The van der Waals surface area contributed by atoms with Crippen LogP contribution in [0, 0.1) is 62.2 Å². The third kappa shape index (κ3) is 7.42. The van der Waals surface area contributed by atoms with E-state index in [0.717, 1.165) is 59.2 Å². The zero-order chi connectivity index (χ0) is 26.6. The Labute approximate surface area is 271 Å². The first-order valence-electron chi connectivity index (χ1n) is 16.3. The fourth-order valence-corrected chi connectivity index (χ4v) is 11.1. The van der Waals surface area contributed by atoms with E-state index in [9.17, 15) is 0 Å². The van der Waals surface area contributed by atoms with Gasteiger partial charge in [-0.05, 0) is 109 Å². The Hall–Kier alpha value is -0.0969. The second-order valence-corrected chi connectivity index (χ2v) is 17.6. The van der Waals surface area contributed by atoms with Crippen LogP contribution in [0.4, 0.5) is 0 Å².